The lowest BCUT2D eigenvalue weighted by Gasteiger charge is -2.29. The number of hydrogen-bond donors (Lipinski definition) is 2. The van der Waals surface area contributed by atoms with Crippen molar-refractivity contribution in [2.24, 2.45) is 0 Å². The maximum Gasteiger partial charge on any atom is 0.136 e. The second-order valence-corrected chi connectivity index (χ2v) is 4.52. The summed E-state index contributed by atoms with van der Waals surface area (Å²) in [5.74, 6) is 1.10. The molecule has 0 spiro atoms. The van der Waals surface area contributed by atoms with Gasteiger partial charge < -0.3 is 15.5 Å². The average Bonchev–Trinajstić information content (AvgIpc) is 2.47. The Morgan fingerprint density at radius 1 is 1.17 bits per heavy atom. The summed E-state index contributed by atoms with van der Waals surface area (Å²) in [6, 6.07) is 8.42. The van der Waals surface area contributed by atoms with Gasteiger partial charge in [0, 0.05) is 55.9 Å². The first-order valence-electron chi connectivity index (χ1n) is 6.41. The summed E-state index contributed by atoms with van der Waals surface area (Å²) >= 11 is 0. The number of benzene rings is 1. The predicted octanol–water partition coefficient (Wildman–Crippen LogP) is 1.69. The highest BCUT2D eigenvalue weighted by Gasteiger charge is 2.14. The van der Waals surface area contributed by atoms with Crippen LogP contribution in [0, 0.1) is 0 Å². The Bertz CT molecular complexity index is 546. The van der Waals surface area contributed by atoms with Gasteiger partial charge in [-0.15, -0.1) is 0 Å². The van der Waals surface area contributed by atoms with Crippen LogP contribution in [0.3, 0.4) is 0 Å². The molecule has 1 aromatic heterocycles. The molecule has 0 unspecified atom stereocenters. The molecule has 1 fully saturated rings. The van der Waals surface area contributed by atoms with E-state index in [1.807, 2.05) is 13.2 Å². The second-order valence-electron chi connectivity index (χ2n) is 4.52. The fourth-order valence-corrected chi connectivity index (χ4v) is 2.54. The molecule has 0 amide bonds. The number of pyridine rings is 1. The Morgan fingerprint density at radius 2 is 2.00 bits per heavy atom. The monoisotopic (exact) mass is 242 g/mol. The first kappa shape index (κ1) is 11.3. The van der Waals surface area contributed by atoms with Gasteiger partial charge in [-0.25, -0.2) is 4.98 Å². The van der Waals surface area contributed by atoms with Crippen molar-refractivity contribution in [1.29, 1.82) is 0 Å². The summed E-state index contributed by atoms with van der Waals surface area (Å²) in [5.41, 5.74) is 1.16. The highest BCUT2D eigenvalue weighted by Crippen LogP contribution is 2.29. The van der Waals surface area contributed by atoms with Crippen molar-refractivity contribution in [3.8, 4) is 0 Å². The van der Waals surface area contributed by atoms with E-state index in [1.54, 1.807) is 0 Å². The smallest absolute Gasteiger partial charge is 0.136 e. The van der Waals surface area contributed by atoms with Crippen LogP contribution in [0.5, 0.6) is 0 Å². The second kappa shape index (κ2) is 4.82. The van der Waals surface area contributed by atoms with E-state index in [1.165, 1.54) is 10.8 Å². The van der Waals surface area contributed by atoms with Crippen molar-refractivity contribution in [2.75, 3.05) is 43.4 Å². The zero-order valence-electron chi connectivity index (χ0n) is 10.6. The van der Waals surface area contributed by atoms with Crippen LogP contribution < -0.4 is 15.5 Å². The zero-order valence-corrected chi connectivity index (χ0v) is 10.6. The largest absolute Gasteiger partial charge is 0.388 e. The number of rotatable bonds is 2. The van der Waals surface area contributed by atoms with E-state index >= 15 is 0 Å². The van der Waals surface area contributed by atoms with E-state index in [2.05, 4.69) is 44.8 Å². The van der Waals surface area contributed by atoms with Crippen molar-refractivity contribution in [3.63, 3.8) is 0 Å². The molecule has 4 nitrogen and oxygen atoms in total. The summed E-state index contributed by atoms with van der Waals surface area (Å²) in [6.07, 6.45) is 1.90. The van der Waals surface area contributed by atoms with Crippen LogP contribution in [0.1, 0.15) is 0 Å². The van der Waals surface area contributed by atoms with Crippen molar-refractivity contribution in [2.45, 2.75) is 0 Å². The van der Waals surface area contributed by atoms with E-state index in [4.69, 9.17) is 0 Å². The van der Waals surface area contributed by atoms with Gasteiger partial charge in [-0.1, -0.05) is 12.1 Å². The van der Waals surface area contributed by atoms with Crippen molar-refractivity contribution < 1.29 is 0 Å². The van der Waals surface area contributed by atoms with Crippen LogP contribution in [0.15, 0.2) is 30.5 Å². The van der Waals surface area contributed by atoms with E-state index in [0.717, 1.165) is 37.7 Å². The van der Waals surface area contributed by atoms with Gasteiger partial charge in [0.1, 0.15) is 5.82 Å². The lowest BCUT2D eigenvalue weighted by atomic mass is 10.1. The van der Waals surface area contributed by atoms with Gasteiger partial charge in [-0.2, -0.15) is 0 Å². The number of piperazine rings is 1. The zero-order chi connectivity index (χ0) is 12.4. The molecule has 2 aromatic rings. The summed E-state index contributed by atoms with van der Waals surface area (Å²) in [7, 11) is 1.96. The number of anilines is 2. The maximum atomic E-state index is 4.58. The van der Waals surface area contributed by atoms with Gasteiger partial charge in [0.2, 0.25) is 0 Å². The van der Waals surface area contributed by atoms with Crippen molar-refractivity contribution >= 4 is 22.3 Å². The molecular formula is C14H18N4. The van der Waals surface area contributed by atoms with Gasteiger partial charge in [0.05, 0.1) is 0 Å². The van der Waals surface area contributed by atoms with Crippen LogP contribution in [0.2, 0.25) is 0 Å². The van der Waals surface area contributed by atoms with Crippen LogP contribution in [0.4, 0.5) is 11.5 Å². The maximum absolute atomic E-state index is 4.58. The molecule has 2 heterocycles. The number of nitrogens with zero attached hydrogens (tertiary/aromatic N) is 2. The minimum atomic E-state index is 1.02. The van der Waals surface area contributed by atoms with Gasteiger partial charge in [-0.3, -0.25) is 0 Å². The first-order valence-corrected chi connectivity index (χ1v) is 6.41. The average molecular weight is 242 g/mol. The molecule has 0 aliphatic carbocycles. The minimum Gasteiger partial charge on any atom is -0.388 e. The Labute approximate surface area is 107 Å². The first-order chi connectivity index (χ1) is 8.90. The lowest BCUT2D eigenvalue weighted by Crippen LogP contribution is -2.43. The number of aromatic nitrogens is 1. The SMILES string of the molecule is CNc1cccc2c(N3CCNCC3)nccc12. The highest BCUT2D eigenvalue weighted by molar-refractivity contribution is 6.00. The molecule has 1 aromatic carbocycles. The van der Waals surface area contributed by atoms with E-state index in [9.17, 15) is 0 Å². The molecule has 0 saturated carbocycles. The van der Waals surface area contributed by atoms with Crippen molar-refractivity contribution in [1.82, 2.24) is 10.3 Å². The molecule has 94 valence electrons. The molecule has 18 heavy (non-hydrogen) atoms. The Hall–Kier alpha value is -1.81. The quantitative estimate of drug-likeness (QED) is 0.840. The Morgan fingerprint density at radius 3 is 2.78 bits per heavy atom. The molecule has 1 aliphatic heterocycles. The fraction of sp³-hybridized carbons (Fsp3) is 0.357. The molecule has 1 aliphatic rings. The van der Waals surface area contributed by atoms with Gasteiger partial charge in [-0.05, 0) is 12.1 Å². The summed E-state index contributed by atoms with van der Waals surface area (Å²) in [5, 5.41) is 9.08. The Kier molecular flexibility index (Phi) is 3.02. The normalized spacial score (nSPS) is 15.9. The molecule has 0 atom stereocenters. The molecule has 0 radical (unpaired) electrons. The van der Waals surface area contributed by atoms with E-state index in [0.29, 0.717) is 0 Å². The summed E-state index contributed by atoms with van der Waals surface area (Å²) in [4.78, 5) is 6.94. The number of fused-ring (bicyclic) bond motifs is 1. The van der Waals surface area contributed by atoms with Gasteiger partial charge in [0.15, 0.2) is 0 Å². The third-order valence-corrected chi connectivity index (χ3v) is 3.47. The highest BCUT2D eigenvalue weighted by atomic mass is 15.2. The number of nitrogens with one attached hydrogen (secondary N) is 2. The van der Waals surface area contributed by atoms with E-state index < -0.39 is 0 Å². The van der Waals surface area contributed by atoms with Gasteiger partial charge >= 0.3 is 0 Å². The van der Waals surface area contributed by atoms with Crippen LogP contribution in [-0.4, -0.2) is 38.2 Å². The molecule has 0 bridgehead atoms. The van der Waals surface area contributed by atoms with Crippen LogP contribution >= 0.6 is 0 Å². The van der Waals surface area contributed by atoms with Crippen LogP contribution in [-0.2, 0) is 0 Å². The topological polar surface area (TPSA) is 40.2 Å². The molecular weight excluding hydrogens is 224 g/mol. The molecule has 1 saturated heterocycles. The molecule has 2 N–H and O–H groups in total. The predicted molar refractivity (Wildman–Crippen MR) is 76.4 cm³/mol. The number of hydrogen-bond acceptors (Lipinski definition) is 4. The lowest BCUT2D eigenvalue weighted by molar-refractivity contribution is 0.586. The fourth-order valence-electron chi connectivity index (χ4n) is 2.54. The third kappa shape index (κ3) is 1.88. The Balaban J connectivity index is 2.11. The summed E-state index contributed by atoms with van der Waals surface area (Å²) < 4.78 is 0. The molecule has 3 rings (SSSR count). The van der Waals surface area contributed by atoms with E-state index in [-0.39, 0.29) is 0 Å². The van der Waals surface area contributed by atoms with Gasteiger partial charge in [0.25, 0.3) is 0 Å². The minimum absolute atomic E-state index is 1.02. The summed E-state index contributed by atoms with van der Waals surface area (Å²) in [6.45, 7) is 4.11. The van der Waals surface area contributed by atoms with Crippen LogP contribution in [0.25, 0.3) is 10.8 Å². The standard InChI is InChI=1S/C14H18N4/c1-15-13-4-2-3-12-11(13)5-6-17-14(12)18-9-7-16-8-10-18/h2-6,15-16H,7-10H2,1H3. The van der Waals surface area contributed by atoms with Crippen molar-refractivity contribution in [3.05, 3.63) is 30.5 Å². The third-order valence-electron chi connectivity index (χ3n) is 3.47. The molecule has 4 heteroatoms.